The number of esters is 6. The molecule has 0 saturated carbocycles. The molecule has 308 valence electrons. The first kappa shape index (κ1) is 50.8. The molecule has 0 radical (unpaired) electrons. The van der Waals surface area contributed by atoms with Gasteiger partial charge in [0.1, 0.15) is 39.6 Å². The van der Waals surface area contributed by atoms with Gasteiger partial charge >= 0.3 is 35.8 Å². The van der Waals surface area contributed by atoms with E-state index in [0.717, 1.165) is 19.5 Å². The molecule has 15 nitrogen and oxygen atoms in total. The summed E-state index contributed by atoms with van der Waals surface area (Å²) in [7, 11) is 4.00. The van der Waals surface area contributed by atoms with Crippen molar-refractivity contribution in [1.82, 2.24) is 14.7 Å². The number of nitrogens with zero attached hydrogens (tertiary/aromatic N) is 3. The number of ether oxygens (including phenoxy) is 6. The van der Waals surface area contributed by atoms with E-state index in [1.54, 1.807) is 33.3 Å². The summed E-state index contributed by atoms with van der Waals surface area (Å²) in [4.78, 5) is 79.1. The number of rotatable bonds is 32. The molecule has 0 aromatic carbocycles. The first-order valence-corrected chi connectivity index (χ1v) is 21.7. The molecule has 0 N–H and O–H groups in total. The maximum Gasteiger partial charge on any atom is 0.318 e. The van der Waals surface area contributed by atoms with Crippen LogP contribution in [0.1, 0.15) is 52.9 Å². The second kappa shape index (κ2) is 32.0. The van der Waals surface area contributed by atoms with Gasteiger partial charge in [-0.05, 0) is 92.7 Å². The standard InChI is InChI=1S/C35H63N3O12S3/c1-27(51-6)33(42)48-24-21-45-30(39)11-18-37(15-9-14-36(4)5)16-10-17-38(19-12-31(40)46-22-25-49-34(43)28(2)52-7)20-13-32(41)47-23-26-50-35(44)29(3)53-8/h27-29H,9-26H2,1-8H3. The molecule has 0 aliphatic carbocycles. The van der Waals surface area contributed by atoms with E-state index in [-0.39, 0.29) is 98.5 Å². The summed E-state index contributed by atoms with van der Waals surface area (Å²) in [6.07, 6.45) is 7.33. The minimum Gasteiger partial charge on any atom is -0.462 e. The lowest BCUT2D eigenvalue weighted by molar-refractivity contribution is -0.152. The molecule has 18 heteroatoms. The Balaban J connectivity index is 5.10. The van der Waals surface area contributed by atoms with E-state index in [9.17, 15) is 28.8 Å². The van der Waals surface area contributed by atoms with Gasteiger partial charge in [0, 0.05) is 19.6 Å². The Morgan fingerprint density at radius 1 is 0.434 bits per heavy atom. The van der Waals surface area contributed by atoms with Crippen molar-refractivity contribution in [3.8, 4) is 0 Å². The third-order valence-electron chi connectivity index (χ3n) is 7.75. The number of thioether (sulfide) groups is 3. The van der Waals surface area contributed by atoms with Crippen LogP contribution in [0, 0.1) is 0 Å². The first-order chi connectivity index (χ1) is 25.2. The quantitative estimate of drug-likeness (QED) is 0.0552. The highest BCUT2D eigenvalue weighted by molar-refractivity contribution is 8.00. The zero-order valence-corrected chi connectivity index (χ0v) is 35.4. The van der Waals surface area contributed by atoms with Crippen LogP contribution in [0.3, 0.4) is 0 Å². The van der Waals surface area contributed by atoms with Crippen LogP contribution < -0.4 is 0 Å². The van der Waals surface area contributed by atoms with Gasteiger partial charge in [-0.25, -0.2) is 0 Å². The summed E-state index contributed by atoms with van der Waals surface area (Å²) >= 11 is 4.11. The van der Waals surface area contributed by atoms with Crippen molar-refractivity contribution in [2.24, 2.45) is 0 Å². The monoisotopic (exact) mass is 813 g/mol. The predicted molar refractivity (Wildman–Crippen MR) is 209 cm³/mol. The average Bonchev–Trinajstić information content (AvgIpc) is 3.14. The Morgan fingerprint density at radius 2 is 0.698 bits per heavy atom. The molecule has 0 aromatic rings. The molecule has 0 aromatic heterocycles. The number of hydrogen-bond acceptors (Lipinski definition) is 18. The van der Waals surface area contributed by atoms with Crippen LogP contribution in [0.15, 0.2) is 0 Å². The van der Waals surface area contributed by atoms with Crippen molar-refractivity contribution in [2.45, 2.75) is 68.6 Å². The van der Waals surface area contributed by atoms with E-state index in [1.807, 2.05) is 25.3 Å². The van der Waals surface area contributed by atoms with Gasteiger partial charge in [-0.2, -0.15) is 35.3 Å². The van der Waals surface area contributed by atoms with Crippen LogP contribution >= 0.6 is 35.3 Å². The lowest BCUT2D eigenvalue weighted by Gasteiger charge is -2.26. The van der Waals surface area contributed by atoms with Crippen LogP contribution in [0.2, 0.25) is 0 Å². The Kier molecular flexibility index (Phi) is 30.7. The van der Waals surface area contributed by atoms with Crippen LogP contribution in [-0.2, 0) is 57.2 Å². The summed E-state index contributed by atoms with van der Waals surface area (Å²) in [6.45, 7) is 9.06. The Hall–Kier alpha value is -2.25. The third-order valence-corrected chi connectivity index (χ3v) is 10.5. The maximum atomic E-state index is 12.5. The Bertz CT molecular complexity index is 1030. The molecule has 3 atom stereocenters. The number of hydrogen-bond donors (Lipinski definition) is 0. The normalized spacial score (nSPS) is 13.0. The van der Waals surface area contributed by atoms with Crippen LogP contribution in [-0.4, -0.2) is 185 Å². The SMILES string of the molecule is CSC(C)C(=O)OCCOC(=O)CCN(CCCN(C)C)CCCN(CCC(=O)OCCOC(=O)C(C)SC)CCC(=O)OCCOC(=O)C(C)SC. The van der Waals surface area contributed by atoms with E-state index >= 15 is 0 Å². The Labute approximate surface area is 328 Å². The molecular formula is C35H63N3O12S3. The van der Waals surface area contributed by atoms with Crippen molar-refractivity contribution in [3.63, 3.8) is 0 Å². The highest BCUT2D eigenvalue weighted by Crippen LogP contribution is 2.09. The molecule has 0 aliphatic rings. The van der Waals surface area contributed by atoms with Crippen LogP contribution in [0.25, 0.3) is 0 Å². The number of carbonyl (C=O) groups excluding carboxylic acids is 6. The van der Waals surface area contributed by atoms with Crippen molar-refractivity contribution in [2.75, 3.05) is 118 Å². The van der Waals surface area contributed by atoms with Gasteiger partial charge in [-0.3, -0.25) is 28.8 Å². The van der Waals surface area contributed by atoms with Gasteiger partial charge in [0.2, 0.25) is 0 Å². The highest BCUT2D eigenvalue weighted by atomic mass is 32.2. The smallest absolute Gasteiger partial charge is 0.318 e. The van der Waals surface area contributed by atoms with Crippen LogP contribution in [0.4, 0.5) is 0 Å². The fourth-order valence-electron chi connectivity index (χ4n) is 4.30. The average molecular weight is 814 g/mol. The number of carbonyl (C=O) groups is 6. The largest absolute Gasteiger partial charge is 0.462 e. The van der Waals surface area contributed by atoms with Gasteiger partial charge in [-0.15, -0.1) is 0 Å². The van der Waals surface area contributed by atoms with E-state index in [0.29, 0.717) is 39.1 Å². The first-order valence-electron chi connectivity index (χ1n) is 17.9. The van der Waals surface area contributed by atoms with Gasteiger partial charge in [-0.1, -0.05) is 0 Å². The third kappa shape index (κ3) is 27.9. The molecule has 0 saturated heterocycles. The van der Waals surface area contributed by atoms with Gasteiger partial charge < -0.3 is 43.1 Å². The summed E-state index contributed by atoms with van der Waals surface area (Å²) in [5, 5.41) is -0.896. The van der Waals surface area contributed by atoms with Crippen molar-refractivity contribution in [3.05, 3.63) is 0 Å². The molecular weight excluding hydrogens is 751 g/mol. The van der Waals surface area contributed by atoms with Crippen LogP contribution in [0.5, 0.6) is 0 Å². The molecule has 0 amide bonds. The van der Waals surface area contributed by atoms with Crippen molar-refractivity contribution < 1.29 is 57.2 Å². The van der Waals surface area contributed by atoms with E-state index in [2.05, 4.69) is 9.80 Å². The lowest BCUT2D eigenvalue weighted by Crippen LogP contribution is -2.35. The summed E-state index contributed by atoms with van der Waals surface area (Å²) < 4.78 is 31.1. The molecule has 0 fully saturated rings. The van der Waals surface area contributed by atoms with E-state index in [1.165, 1.54) is 35.3 Å². The highest BCUT2D eigenvalue weighted by Gasteiger charge is 2.17. The second-order valence-electron chi connectivity index (χ2n) is 12.2. The summed E-state index contributed by atoms with van der Waals surface area (Å²) in [6, 6.07) is 0. The molecule has 0 bridgehead atoms. The Morgan fingerprint density at radius 3 is 0.981 bits per heavy atom. The second-order valence-corrected chi connectivity index (χ2v) is 15.8. The van der Waals surface area contributed by atoms with E-state index in [4.69, 9.17) is 28.4 Å². The molecule has 0 spiro atoms. The predicted octanol–water partition coefficient (Wildman–Crippen LogP) is 2.62. The van der Waals surface area contributed by atoms with Gasteiger partial charge in [0.15, 0.2) is 0 Å². The van der Waals surface area contributed by atoms with Crippen molar-refractivity contribution >= 4 is 71.1 Å². The van der Waals surface area contributed by atoms with Crippen molar-refractivity contribution in [1.29, 1.82) is 0 Å². The zero-order chi connectivity index (χ0) is 40.0. The minimum absolute atomic E-state index is 0.00310. The molecule has 0 heterocycles. The lowest BCUT2D eigenvalue weighted by atomic mass is 10.2. The summed E-state index contributed by atoms with van der Waals surface area (Å²) in [5.41, 5.74) is 0. The molecule has 3 unspecified atom stereocenters. The van der Waals surface area contributed by atoms with Gasteiger partial charge in [0.25, 0.3) is 0 Å². The molecule has 53 heavy (non-hydrogen) atoms. The topological polar surface area (TPSA) is 168 Å². The van der Waals surface area contributed by atoms with E-state index < -0.39 is 11.9 Å². The molecule has 0 rings (SSSR count). The fourth-order valence-corrected chi connectivity index (χ4v) is 5.08. The minimum atomic E-state index is -0.454. The fraction of sp³-hybridized carbons (Fsp3) is 0.829. The van der Waals surface area contributed by atoms with Gasteiger partial charge in [0.05, 0.1) is 35.0 Å². The zero-order valence-electron chi connectivity index (χ0n) is 32.9. The molecule has 0 aliphatic heterocycles. The maximum absolute atomic E-state index is 12.5. The summed E-state index contributed by atoms with van der Waals surface area (Å²) in [5.74, 6) is -2.37.